The quantitative estimate of drug-likeness (QED) is 0.912. The zero-order valence-electron chi connectivity index (χ0n) is 13.8. The summed E-state index contributed by atoms with van der Waals surface area (Å²) < 4.78 is 0. The lowest BCUT2D eigenvalue weighted by Crippen LogP contribution is -2.35. The van der Waals surface area contributed by atoms with Crippen LogP contribution in [0.4, 0.5) is 0 Å². The molecule has 4 nitrogen and oxygen atoms in total. The van der Waals surface area contributed by atoms with E-state index >= 15 is 0 Å². The highest BCUT2D eigenvalue weighted by atomic mass is 16.3. The maximum absolute atomic E-state index is 9.62. The van der Waals surface area contributed by atoms with E-state index in [1.807, 2.05) is 0 Å². The van der Waals surface area contributed by atoms with Crippen molar-refractivity contribution in [1.29, 1.82) is 0 Å². The van der Waals surface area contributed by atoms with Crippen molar-refractivity contribution in [3.63, 3.8) is 0 Å². The molecule has 0 aliphatic carbocycles. The molecule has 1 aromatic heterocycles. The van der Waals surface area contributed by atoms with E-state index < -0.39 is 0 Å². The summed E-state index contributed by atoms with van der Waals surface area (Å²) in [6.45, 7) is 6.53. The van der Waals surface area contributed by atoms with Crippen molar-refractivity contribution in [3.05, 3.63) is 35.5 Å². The van der Waals surface area contributed by atoms with Crippen LogP contribution < -0.4 is 0 Å². The van der Waals surface area contributed by atoms with Gasteiger partial charge < -0.3 is 10.1 Å². The number of rotatable bonds is 4. The molecule has 2 aromatic rings. The molecule has 0 unspecified atom stereocenters. The normalized spacial score (nSPS) is 21.4. The molecule has 23 heavy (non-hydrogen) atoms. The lowest BCUT2D eigenvalue weighted by molar-refractivity contribution is 0.0792. The minimum absolute atomic E-state index is 0.0912. The predicted octanol–water partition coefficient (Wildman–Crippen LogP) is 2.72. The first-order valence-electron chi connectivity index (χ1n) is 8.99. The van der Waals surface area contributed by atoms with Crippen molar-refractivity contribution in [1.82, 2.24) is 14.8 Å². The van der Waals surface area contributed by atoms with Gasteiger partial charge in [-0.1, -0.05) is 6.07 Å². The third-order valence-corrected chi connectivity index (χ3v) is 5.30. The summed E-state index contributed by atoms with van der Waals surface area (Å²) in [7, 11) is 0. The second-order valence-corrected chi connectivity index (χ2v) is 7.21. The Morgan fingerprint density at radius 2 is 1.70 bits per heavy atom. The van der Waals surface area contributed by atoms with E-state index in [0.717, 1.165) is 39.0 Å². The molecule has 3 heterocycles. The minimum atomic E-state index is -0.0912. The molecule has 4 rings (SSSR count). The largest absolute Gasteiger partial charge is 0.393 e. The summed E-state index contributed by atoms with van der Waals surface area (Å²) in [6.07, 6.45) is 4.41. The molecular weight excluding hydrogens is 286 g/mol. The van der Waals surface area contributed by atoms with Gasteiger partial charge in [0.05, 0.1) is 6.10 Å². The van der Waals surface area contributed by atoms with E-state index in [9.17, 15) is 5.11 Å². The highest BCUT2D eigenvalue weighted by Gasteiger charge is 2.17. The van der Waals surface area contributed by atoms with Gasteiger partial charge in [0.25, 0.3) is 0 Å². The minimum Gasteiger partial charge on any atom is -0.393 e. The van der Waals surface area contributed by atoms with Crippen molar-refractivity contribution < 1.29 is 5.11 Å². The SMILES string of the molecule is OC1CCN(Cc2ccc3[nH]c(CN4CCCC4)cc3c2)CC1. The van der Waals surface area contributed by atoms with E-state index in [-0.39, 0.29) is 6.10 Å². The van der Waals surface area contributed by atoms with Crippen LogP contribution in [0.25, 0.3) is 10.9 Å². The number of H-pyrrole nitrogens is 1. The zero-order chi connectivity index (χ0) is 15.6. The van der Waals surface area contributed by atoms with Crippen LogP contribution in [0.2, 0.25) is 0 Å². The van der Waals surface area contributed by atoms with Gasteiger partial charge >= 0.3 is 0 Å². The van der Waals surface area contributed by atoms with Crippen LogP contribution in [-0.2, 0) is 13.1 Å². The predicted molar refractivity (Wildman–Crippen MR) is 93.3 cm³/mol. The molecule has 0 atom stereocenters. The van der Waals surface area contributed by atoms with E-state index in [0.29, 0.717) is 0 Å². The fourth-order valence-corrected chi connectivity index (χ4v) is 3.94. The van der Waals surface area contributed by atoms with Crippen LogP contribution in [0.5, 0.6) is 0 Å². The number of benzene rings is 1. The zero-order valence-corrected chi connectivity index (χ0v) is 13.8. The van der Waals surface area contributed by atoms with E-state index in [1.54, 1.807) is 0 Å². The third-order valence-electron chi connectivity index (χ3n) is 5.30. The van der Waals surface area contributed by atoms with Crippen LogP contribution in [0.15, 0.2) is 24.3 Å². The molecule has 0 radical (unpaired) electrons. The molecule has 4 heteroatoms. The molecule has 0 spiro atoms. The van der Waals surface area contributed by atoms with Crippen LogP contribution in [0.1, 0.15) is 36.9 Å². The van der Waals surface area contributed by atoms with Gasteiger partial charge in [0.1, 0.15) is 0 Å². The summed E-state index contributed by atoms with van der Waals surface area (Å²) in [6, 6.07) is 9.10. The standard InChI is InChI=1S/C19H27N3O/c23-18-5-9-22(10-6-18)13-15-3-4-19-16(11-15)12-17(20-19)14-21-7-1-2-8-21/h3-4,11-12,18,20,23H,1-2,5-10,13-14H2. The first-order valence-corrected chi connectivity index (χ1v) is 8.99. The Morgan fingerprint density at radius 1 is 0.957 bits per heavy atom. The maximum atomic E-state index is 9.62. The van der Waals surface area contributed by atoms with E-state index in [2.05, 4.69) is 39.0 Å². The molecule has 2 aliphatic rings. The number of aromatic nitrogens is 1. The first kappa shape index (κ1) is 15.2. The average molecular weight is 313 g/mol. The average Bonchev–Trinajstić information content (AvgIpc) is 3.18. The molecule has 2 saturated heterocycles. The van der Waals surface area contributed by atoms with Crippen LogP contribution in [0, 0.1) is 0 Å². The van der Waals surface area contributed by atoms with Gasteiger partial charge in [-0.2, -0.15) is 0 Å². The summed E-state index contributed by atoms with van der Waals surface area (Å²) in [5, 5.41) is 10.9. The summed E-state index contributed by atoms with van der Waals surface area (Å²) in [4.78, 5) is 8.55. The number of nitrogens with one attached hydrogen (secondary N) is 1. The van der Waals surface area contributed by atoms with Gasteiger partial charge in [-0.3, -0.25) is 9.80 Å². The highest BCUT2D eigenvalue weighted by Crippen LogP contribution is 2.21. The van der Waals surface area contributed by atoms with Crippen molar-refractivity contribution in [3.8, 4) is 0 Å². The molecule has 2 fully saturated rings. The number of aliphatic hydroxyl groups is 1. The highest BCUT2D eigenvalue weighted by molar-refractivity contribution is 5.81. The van der Waals surface area contributed by atoms with E-state index in [4.69, 9.17) is 0 Å². The Bertz CT molecular complexity index is 652. The summed E-state index contributed by atoms with van der Waals surface area (Å²) in [5.74, 6) is 0. The number of fused-ring (bicyclic) bond motifs is 1. The van der Waals surface area contributed by atoms with Gasteiger partial charge in [0.2, 0.25) is 0 Å². The van der Waals surface area contributed by atoms with Gasteiger partial charge in [0.15, 0.2) is 0 Å². The maximum Gasteiger partial charge on any atom is 0.0564 e. The number of aromatic amines is 1. The molecule has 2 N–H and O–H groups in total. The Hall–Kier alpha value is -1.36. The Morgan fingerprint density at radius 3 is 2.48 bits per heavy atom. The van der Waals surface area contributed by atoms with Crippen molar-refractivity contribution in [2.75, 3.05) is 26.2 Å². The lowest BCUT2D eigenvalue weighted by Gasteiger charge is -2.29. The fraction of sp³-hybridized carbons (Fsp3) is 0.579. The monoisotopic (exact) mass is 313 g/mol. The smallest absolute Gasteiger partial charge is 0.0564 e. The number of aliphatic hydroxyl groups excluding tert-OH is 1. The second-order valence-electron chi connectivity index (χ2n) is 7.21. The molecule has 1 aromatic carbocycles. The van der Waals surface area contributed by atoms with Crippen LogP contribution in [-0.4, -0.2) is 52.2 Å². The number of piperidine rings is 1. The Kier molecular flexibility index (Phi) is 4.38. The molecule has 0 amide bonds. The summed E-state index contributed by atoms with van der Waals surface area (Å²) >= 11 is 0. The van der Waals surface area contributed by atoms with Gasteiger partial charge in [-0.15, -0.1) is 0 Å². The summed E-state index contributed by atoms with van der Waals surface area (Å²) in [5.41, 5.74) is 3.96. The van der Waals surface area contributed by atoms with Gasteiger partial charge in [0, 0.05) is 42.8 Å². The number of hydrogen-bond donors (Lipinski definition) is 2. The molecular formula is C19H27N3O. The molecule has 0 bridgehead atoms. The van der Waals surface area contributed by atoms with E-state index in [1.165, 1.54) is 48.1 Å². The molecule has 0 saturated carbocycles. The number of nitrogens with zero attached hydrogens (tertiary/aromatic N) is 2. The lowest BCUT2D eigenvalue weighted by atomic mass is 10.1. The van der Waals surface area contributed by atoms with Crippen LogP contribution >= 0.6 is 0 Å². The third kappa shape index (κ3) is 3.60. The van der Waals surface area contributed by atoms with Crippen molar-refractivity contribution >= 4 is 10.9 Å². The topological polar surface area (TPSA) is 42.5 Å². The van der Waals surface area contributed by atoms with Crippen LogP contribution in [0.3, 0.4) is 0 Å². The molecule has 2 aliphatic heterocycles. The Labute approximate surface area is 138 Å². The number of likely N-dealkylation sites (tertiary alicyclic amines) is 2. The van der Waals surface area contributed by atoms with Gasteiger partial charge in [-0.25, -0.2) is 0 Å². The number of hydrogen-bond acceptors (Lipinski definition) is 3. The van der Waals surface area contributed by atoms with Gasteiger partial charge in [-0.05, 0) is 62.5 Å². The Balaban J connectivity index is 1.44. The second kappa shape index (κ2) is 6.63. The fourth-order valence-electron chi connectivity index (χ4n) is 3.94. The first-order chi connectivity index (χ1) is 11.3. The van der Waals surface area contributed by atoms with Crippen molar-refractivity contribution in [2.24, 2.45) is 0 Å². The molecule has 124 valence electrons. The van der Waals surface area contributed by atoms with Crippen molar-refractivity contribution in [2.45, 2.75) is 44.9 Å².